The number of ether oxygens (including phenoxy) is 3. The Hall–Kier alpha value is -5.77. The number of terminal acetylenes is 1. The highest BCUT2D eigenvalue weighted by Gasteiger charge is 2.10. The van der Waals surface area contributed by atoms with Gasteiger partial charge in [0.25, 0.3) is 0 Å². The number of hydrogen-bond acceptors (Lipinski definition) is 5. The molecule has 0 bridgehead atoms. The molecule has 1 unspecified atom stereocenters. The fourth-order valence-corrected chi connectivity index (χ4v) is 3.85. The van der Waals surface area contributed by atoms with Crippen LogP contribution in [0.5, 0.6) is 0 Å². The average Bonchev–Trinajstić information content (AvgIpc) is 3.37. The van der Waals surface area contributed by atoms with Gasteiger partial charge in [0.05, 0.1) is 32.7 Å². The zero-order valence-electron chi connectivity index (χ0n) is 49.0. The number of aryl methyl sites for hydroxylation is 2. The Kier molecular flexibility index (Phi) is 98.2. The normalized spacial score (nSPS) is 11.5. The van der Waals surface area contributed by atoms with Gasteiger partial charge in [-0.15, -0.1) is 58.4 Å². The zero-order chi connectivity index (χ0) is 57.7. The highest BCUT2D eigenvalue weighted by atomic mass is 16.5. The van der Waals surface area contributed by atoms with Crippen LogP contribution in [0, 0.1) is 30.1 Å². The van der Waals surface area contributed by atoms with Crippen molar-refractivity contribution >= 4 is 11.9 Å². The van der Waals surface area contributed by atoms with E-state index in [1.807, 2.05) is 141 Å². The maximum Gasteiger partial charge on any atom is 0.152 e. The van der Waals surface area contributed by atoms with Crippen LogP contribution < -0.4 is 0 Å². The molecule has 2 aromatic carbocycles. The van der Waals surface area contributed by atoms with E-state index in [1.165, 1.54) is 44.1 Å². The van der Waals surface area contributed by atoms with Gasteiger partial charge in [0.1, 0.15) is 0 Å². The summed E-state index contributed by atoms with van der Waals surface area (Å²) in [5, 5.41) is 0. The van der Waals surface area contributed by atoms with E-state index in [-0.39, 0.29) is 5.78 Å². The zero-order valence-corrected chi connectivity index (χ0v) is 49.0. The molecule has 2 fully saturated rings. The van der Waals surface area contributed by atoms with Crippen molar-refractivity contribution in [1.29, 1.82) is 0 Å². The van der Waals surface area contributed by atoms with Crippen LogP contribution in [-0.4, -0.2) is 63.9 Å². The minimum absolute atomic E-state index is 0.0185. The van der Waals surface area contributed by atoms with E-state index in [4.69, 9.17) is 9.47 Å². The van der Waals surface area contributed by atoms with Crippen LogP contribution >= 0.6 is 0 Å². The molecule has 408 valence electrons. The largest absolute Gasteiger partial charge is 0.505 e. The third-order valence-electron chi connectivity index (χ3n) is 8.09. The Bertz CT molecular complexity index is 1490. The van der Waals surface area contributed by atoms with Gasteiger partial charge in [-0.1, -0.05) is 196 Å². The third kappa shape index (κ3) is 90.6. The maximum atomic E-state index is 9.69. The number of carbonyl (C=O) groups excluding carboxylic acids is 1. The van der Waals surface area contributed by atoms with Crippen molar-refractivity contribution in [1.82, 2.24) is 4.90 Å². The van der Waals surface area contributed by atoms with Gasteiger partial charge in [-0.05, 0) is 108 Å². The molecule has 72 heavy (non-hydrogen) atoms. The van der Waals surface area contributed by atoms with Crippen molar-refractivity contribution in [3.63, 3.8) is 0 Å². The summed E-state index contributed by atoms with van der Waals surface area (Å²) in [7, 11) is 3.59. The van der Waals surface area contributed by atoms with Crippen molar-refractivity contribution in [3.8, 4) is 12.3 Å². The number of carbonyl (C=O) groups is 1. The topological polar surface area (TPSA) is 48.0 Å². The van der Waals surface area contributed by atoms with Crippen LogP contribution in [0.3, 0.4) is 0 Å². The van der Waals surface area contributed by atoms with Gasteiger partial charge in [0.15, 0.2) is 5.78 Å². The molecule has 5 heteroatoms. The minimum Gasteiger partial charge on any atom is -0.505 e. The molecule has 0 radical (unpaired) electrons. The summed E-state index contributed by atoms with van der Waals surface area (Å²) >= 11 is 0. The molecule has 0 amide bonds. The number of fused-ring (bicyclic) bond motifs is 1. The number of benzene rings is 2. The summed E-state index contributed by atoms with van der Waals surface area (Å²) in [5.74, 6) is 4.30. The molecular formula is C67H111NO4. The standard InChI is InChI=1S/2C8H8.C8H14.C7H13N.C6H10.C5H8.2C4H8O.C4H6O.C3H6O.C3H6.C3H4.2C2H6/c1-2-4-8-6-5-7(8)3-1;1-2-8-6-4-3-5-7-8;2*1-4-6-8(3)7-5-2;1-4-6(3)5-2;1-3-5-4-2;1-4-2-5-3-4;1-4-2-3-5-4;1-3-4(2)5;1-3-4-2;2*1-3-2;2*1-2/h1-4H,5-6H2;2-7H,1H2;4-5,8H,1-2,6-7H2,3H3;4-5H,1-2,6-7H2,3H3;4-6H,1-2H2,3H3;3-5H,1H2,2H3;2*4H,2-3H2,1H3;3H,1H2,2H3;3H,1H2,2H3;3H,1H2,2H3;1H,2H3;2*1-2H3. The lowest BCUT2D eigenvalue weighted by Gasteiger charge is -2.20. The molecule has 2 heterocycles. The van der Waals surface area contributed by atoms with Crippen molar-refractivity contribution in [2.24, 2.45) is 17.8 Å². The van der Waals surface area contributed by atoms with Gasteiger partial charge in [-0.25, -0.2) is 0 Å². The Morgan fingerprint density at radius 3 is 1.25 bits per heavy atom. The maximum absolute atomic E-state index is 9.69. The van der Waals surface area contributed by atoms with E-state index in [2.05, 4.69) is 139 Å². The Balaban J connectivity index is -0.0000000864. The number of hydrogen-bond donors (Lipinski definition) is 0. The second kappa shape index (κ2) is 82.2. The van der Waals surface area contributed by atoms with Gasteiger partial charge in [0, 0.05) is 25.6 Å². The number of nitrogens with zero attached hydrogens (tertiary/aromatic N) is 1. The summed E-state index contributed by atoms with van der Waals surface area (Å²) in [4.78, 5) is 11.8. The summed E-state index contributed by atoms with van der Waals surface area (Å²) in [6, 6.07) is 18.7. The predicted octanol–water partition coefficient (Wildman–Crippen LogP) is 18.8. The van der Waals surface area contributed by atoms with Crippen LogP contribution in [0.15, 0.2) is 200 Å². The summed E-state index contributed by atoms with van der Waals surface area (Å²) < 4.78 is 14.1. The lowest BCUT2D eigenvalue weighted by molar-refractivity contribution is -0.112. The van der Waals surface area contributed by atoms with Crippen LogP contribution in [-0.2, 0) is 31.8 Å². The second-order valence-electron chi connectivity index (χ2n) is 15.0. The average molecular weight is 995 g/mol. The first kappa shape index (κ1) is 86.0. The number of allylic oxidation sites excluding steroid dienone is 9. The number of likely N-dealkylation sites (N-methyl/N-ethyl adjacent to an activating group) is 1. The predicted molar refractivity (Wildman–Crippen MR) is 333 cm³/mol. The Morgan fingerprint density at radius 2 is 1.12 bits per heavy atom. The van der Waals surface area contributed by atoms with E-state index in [9.17, 15) is 4.79 Å². The van der Waals surface area contributed by atoms with Gasteiger partial charge in [-0.2, -0.15) is 0 Å². The number of methoxy groups -OCH3 is 1. The molecule has 0 saturated carbocycles. The SMILES string of the molecule is C#CC.C=CC.C=CC(C)=O.C=CC(C)C=C.C=CC=CC.C=CCC(C)CC=C.C=CCN(C)CC=C.C=COC.C=Cc1ccccc1.CC.CC.CC1CCO1.CC1COC1.c1ccc2c(c1)CC2. The molecule has 2 saturated heterocycles. The van der Waals surface area contributed by atoms with E-state index in [0.29, 0.717) is 12.0 Å². The Labute approximate surface area is 449 Å². The van der Waals surface area contributed by atoms with Crippen molar-refractivity contribution in [3.05, 3.63) is 217 Å². The molecule has 0 spiro atoms. The molecule has 2 aromatic rings. The van der Waals surface area contributed by atoms with Gasteiger partial charge in [0.2, 0.25) is 0 Å². The fourth-order valence-electron chi connectivity index (χ4n) is 3.85. The lowest BCUT2D eigenvalue weighted by atomic mass is 9.89. The molecule has 5 nitrogen and oxygen atoms in total. The quantitative estimate of drug-likeness (QED) is 0.0621. The molecule has 3 aliphatic rings. The first-order valence-corrected chi connectivity index (χ1v) is 25.3. The first-order valence-electron chi connectivity index (χ1n) is 25.3. The fraction of sp³-hybridized carbons (Fsp3) is 0.418. The molecule has 0 aromatic heterocycles. The molecule has 1 aliphatic carbocycles. The highest BCUT2D eigenvalue weighted by molar-refractivity contribution is 5.86. The van der Waals surface area contributed by atoms with E-state index in [0.717, 1.165) is 57.6 Å². The molecular weight excluding hydrogens is 883 g/mol. The van der Waals surface area contributed by atoms with Gasteiger partial charge >= 0.3 is 0 Å². The molecule has 1 atom stereocenters. The van der Waals surface area contributed by atoms with Gasteiger partial charge in [-0.3, -0.25) is 9.69 Å². The van der Waals surface area contributed by atoms with E-state index in [1.54, 1.807) is 37.3 Å². The van der Waals surface area contributed by atoms with Crippen LogP contribution in [0.2, 0.25) is 0 Å². The summed E-state index contributed by atoms with van der Waals surface area (Å²) in [5.41, 5.74) is 4.27. The monoisotopic (exact) mass is 994 g/mol. The van der Waals surface area contributed by atoms with E-state index < -0.39 is 0 Å². The van der Waals surface area contributed by atoms with Crippen molar-refractivity contribution in [2.45, 2.75) is 121 Å². The smallest absolute Gasteiger partial charge is 0.152 e. The van der Waals surface area contributed by atoms with Crippen molar-refractivity contribution < 1.29 is 19.0 Å². The molecule has 2 aliphatic heterocycles. The van der Waals surface area contributed by atoms with E-state index >= 15 is 0 Å². The van der Waals surface area contributed by atoms with Gasteiger partial charge < -0.3 is 14.2 Å². The number of ketones is 1. The Morgan fingerprint density at radius 1 is 0.778 bits per heavy atom. The van der Waals surface area contributed by atoms with Crippen LogP contribution in [0.4, 0.5) is 0 Å². The highest BCUT2D eigenvalue weighted by Crippen LogP contribution is 2.20. The minimum atomic E-state index is 0.0185. The molecule has 0 N–H and O–H groups in total. The first-order chi connectivity index (χ1) is 34.5. The lowest BCUT2D eigenvalue weighted by Crippen LogP contribution is -2.23. The number of rotatable bonds is 14. The second-order valence-corrected chi connectivity index (χ2v) is 15.0. The summed E-state index contributed by atoms with van der Waals surface area (Å²) in [6.07, 6.45) is 34.4. The van der Waals surface area contributed by atoms with Crippen LogP contribution in [0.25, 0.3) is 6.08 Å². The third-order valence-corrected chi connectivity index (χ3v) is 8.09. The molecule has 5 rings (SSSR count). The van der Waals surface area contributed by atoms with Crippen molar-refractivity contribution in [2.75, 3.05) is 47.1 Å². The van der Waals surface area contributed by atoms with Crippen LogP contribution in [0.1, 0.15) is 119 Å². The summed E-state index contributed by atoms with van der Waals surface area (Å²) in [6.45, 7) is 66.9.